The molecule has 0 aliphatic rings. The van der Waals surface area contributed by atoms with Crippen LogP contribution in [0, 0.1) is 0 Å². The molecule has 0 aliphatic carbocycles. The van der Waals surface area contributed by atoms with E-state index in [0.717, 1.165) is 30.6 Å². The van der Waals surface area contributed by atoms with Crippen molar-refractivity contribution in [3.63, 3.8) is 0 Å². The molecule has 0 fully saturated rings. The van der Waals surface area contributed by atoms with Gasteiger partial charge in [-0.05, 0) is 38.4 Å². The summed E-state index contributed by atoms with van der Waals surface area (Å²) >= 11 is 0. The van der Waals surface area contributed by atoms with Crippen LogP contribution in [0.25, 0.3) is 0 Å². The summed E-state index contributed by atoms with van der Waals surface area (Å²) in [6.07, 6.45) is 2.28. The van der Waals surface area contributed by atoms with Crippen molar-refractivity contribution in [2.45, 2.75) is 70.6 Å². The first-order valence-electron chi connectivity index (χ1n) is 12.0. The van der Waals surface area contributed by atoms with Crippen LogP contribution < -0.4 is 0 Å². The molecule has 0 saturated heterocycles. The van der Waals surface area contributed by atoms with Gasteiger partial charge in [0.2, 0.25) is 0 Å². The van der Waals surface area contributed by atoms with Gasteiger partial charge in [-0.25, -0.2) is 0 Å². The van der Waals surface area contributed by atoms with Crippen LogP contribution in [0.15, 0.2) is 0 Å². The molecule has 13 nitrogen and oxygen atoms in total. The summed E-state index contributed by atoms with van der Waals surface area (Å²) in [5.41, 5.74) is 0. The highest BCUT2D eigenvalue weighted by Crippen LogP contribution is 2.41. The lowest BCUT2D eigenvalue weighted by Crippen LogP contribution is -2.62. The standard InChI is InChI=1S/C18H47NO12P2Si3/c1-8-10-15-35(27-4,28-5)31-36(29-6,16-11-9-2)30-34(7,26-3)14-12-13-19(17-32(20,21)22)18-33(23,24)25/h8-18H2,1-7H3,(H2,20,21,22)(H2,23,24,25). The molecule has 0 aromatic carbocycles. The van der Waals surface area contributed by atoms with E-state index in [9.17, 15) is 28.7 Å². The maximum atomic E-state index is 11.4. The van der Waals surface area contributed by atoms with Gasteiger partial charge in [0, 0.05) is 40.5 Å². The van der Waals surface area contributed by atoms with Gasteiger partial charge in [-0.15, -0.1) is 0 Å². The van der Waals surface area contributed by atoms with Crippen molar-refractivity contribution in [3.8, 4) is 0 Å². The van der Waals surface area contributed by atoms with Crippen LogP contribution in [0.4, 0.5) is 0 Å². The van der Waals surface area contributed by atoms with Gasteiger partial charge in [-0.2, -0.15) is 0 Å². The molecule has 0 bridgehead atoms. The Labute approximate surface area is 219 Å². The van der Waals surface area contributed by atoms with E-state index in [1.807, 2.05) is 13.5 Å². The fourth-order valence-electron chi connectivity index (χ4n) is 3.61. The quantitative estimate of drug-likeness (QED) is 0.103. The average molecular weight is 616 g/mol. The summed E-state index contributed by atoms with van der Waals surface area (Å²) in [7, 11) is -12.2. The summed E-state index contributed by atoms with van der Waals surface area (Å²) in [5.74, 6) is 0. The monoisotopic (exact) mass is 615 g/mol. The second-order valence-corrected chi connectivity index (χ2v) is 21.8. The number of hydrogen-bond donors (Lipinski definition) is 4. The van der Waals surface area contributed by atoms with Crippen molar-refractivity contribution in [2.75, 3.05) is 47.6 Å². The highest BCUT2D eigenvalue weighted by atomic mass is 31.2. The van der Waals surface area contributed by atoms with Crippen LogP contribution in [0.2, 0.25) is 24.7 Å². The number of rotatable bonds is 22. The molecular formula is C18H47NO12P2Si3. The van der Waals surface area contributed by atoms with Crippen molar-refractivity contribution < 1.29 is 54.6 Å². The highest BCUT2D eigenvalue weighted by molar-refractivity contribution is 7.52. The van der Waals surface area contributed by atoms with E-state index in [2.05, 4.69) is 6.92 Å². The van der Waals surface area contributed by atoms with Crippen LogP contribution >= 0.6 is 15.2 Å². The molecule has 4 N–H and O–H groups in total. The summed E-state index contributed by atoms with van der Waals surface area (Å²) in [6.45, 7) is 5.99. The molecule has 36 heavy (non-hydrogen) atoms. The third-order valence-electron chi connectivity index (χ3n) is 5.59. The third kappa shape index (κ3) is 14.7. The molecule has 0 heterocycles. The van der Waals surface area contributed by atoms with E-state index in [0.29, 0.717) is 24.6 Å². The van der Waals surface area contributed by atoms with Gasteiger partial charge < -0.3 is 45.5 Å². The number of unbranched alkanes of at least 4 members (excludes halogenated alkanes) is 2. The summed E-state index contributed by atoms with van der Waals surface area (Å²) in [4.78, 5) is 38.3. The lowest BCUT2D eigenvalue weighted by atomic mass is 10.4. The SMILES string of the molecule is CCCC[Si](OC)(OC)O[Si](CCCC)(OC)O[Si](C)(CCCN(CP(=O)(O)O)CP(=O)(O)O)OC. The Hall–Kier alpha value is 0.671. The Bertz CT molecular complexity index is 687. The van der Waals surface area contributed by atoms with Gasteiger partial charge in [-0.1, -0.05) is 26.7 Å². The number of nitrogens with zero attached hydrogens (tertiary/aromatic N) is 1. The minimum absolute atomic E-state index is 0.0359. The molecule has 0 radical (unpaired) electrons. The fraction of sp³-hybridized carbons (Fsp3) is 1.00. The number of hydrogen-bond acceptors (Lipinski definition) is 9. The molecule has 218 valence electrons. The van der Waals surface area contributed by atoms with Crippen LogP contribution in [-0.2, 0) is 35.1 Å². The molecule has 0 spiro atoms. The first kappa shape index (κ1) is 36.7. The van der Waals surface area contributed by atoms with Gasteiger partial charge in [-0.3, -0.25) is 14.0 Å². The third-order valence-corrected chi connectivity index (χ3v) is 18.5. The first-order chi connectivity index (χ1) is 16.6. The van der Waals surface area contributed by atoms with Gasteiger partial charge in [0.15, 0.2) is 0 Å². The Balaban J connectivity index is 5.75. The van der Waals surface area contributed by atoms with Gasteiger partial charge in [0.05, 0.1) is 0 Å². The van der Waals surface area contributed by atoms with E-state index in [4.69, 9.17) is 25.9 Å². The van der Waals surface area contributed by atoms with Crippen LogP contribution in [0.3, 0.4) is 0 Å². The van der Waals surface area contributed by atoms with Gasteiger partial charge >= 0.3 is 41.4 Å². The maximum absolute atomic E-state index is 11.4. The van der Waals surface area contributed by atoms with Crippen LogP contribution in [-0.4, -0.2) is 98.2 Å². The zero-order valence-corrected chi connectivity index (χ0v) is 27.5. The summed E-state index contributed by atoms with van der Waals surface area (Å²) in [6, 6.07) is 1.51. The second kappa shape index (κ2) is 16.7. The zero-order chi connectivity index (χ0) is 28.1. The average Bonchev–Trinajstić information content (AvgIpc) is 2.78. The summed E-state index contributed by atoms with van der Waals surface area (Å²) in [5, 5.41) is 0. The molecule has 0 saturated carbocycles. The largest absolute Gasteiger partial charge is 0.493 e. The minimum atomic E-state index is -4.51. The smallest absolute Gasteiger partial charge is 0.398 e. The van der Waals surface area contributed by atoms with Crippen molar-refractivity contribution >= 4 is 41.4 Å². The molecule has 2 atom stereocenters. The van der Waals surface area contributed by atoms with E-state index in [1.165, 1.54) is 7.11 Å². The van der Waals surface area contributed by atoms with Crippen molar-refractivity contribution in [2.24, 2.45) is 0 Å². The van der Waals surface area contributed by atoms with E-state index < -0.39 is 53.9 Å². The van der Waals surface area contributed by atoms with Gasteiger partial charge in [0.25, 0.3) is 0 Å². The predicted octanol–water partition coefficient (Wildman–Crippen LogP) is 3.12. The molecule has 0 amide bonds. The minimum Gasteiger partial charge on any atom is -0.398 e. The topological polar surface area (TPSA) is 174 Å². The van der Waals surface area contributed by atoms with Crippen LogP contribution in [0.1, 0.15) is 46.0 Å². The van der Waals surface area contributed by atoms with Crippen molar-refractivity contribution in [1.82, 2.24) is 4.90 Å². The molecule has 0 aromatic heterocycles. The van der Waals surface area contributed by atoms with Crippen LogP contribution in [0.5, 0.6) is 0 Å². The first-order valence-corrected chi connectivity index (χ1v) is 22.0. The zero-order valence-electron chi connectivity index (χ0n) is 22.7. The highest BCUT2D eigenvalue weighted by Gasteiger charge is 2.55. The Morgan fingerprint density at radius 2 is 1.11 bits per heavy atom. The molecule has 0 rings (SSSR count). The van der Waals surface area contributed by atoms with E-state index in [-0.39, 0.29) is 6.54 Å². The van der Waals surface area contributed by atoms with Gasteiger partial charge in [0.1, 0.15) is 12.6 Å². The second-order valence-electron chi connectivity index (χ2n) is 8.84. The molecule has 2 unspecified atom stereocenters. The molecule has 18 heteroatoms. The van der Waals surface area contributed by atoms with E-state index in [1.54, 1.807) is 21.3 Å². The lowest BCUT2D eigenvalue weighted by molar-refractivity contribution is 0.0938. The molecule has 0 aliphatic heterocycles. The Morgan fingerprint density at radius 3 is 1.47 bits per heavy atom. The molecular weight excluding hydrogens is 568 g/mol. The maximum Gasteiger partial charge on any atom is 0.493 e. The van der Waals surface area contributed by atoms with Crippen molar-refractivity contribution in [1.29, 1.82) is 0 Å². The molecule has 0 aromatic rings. The predicted molar refractivity (Wildman–Crippen MR) is 143 cm³/mol. The Kier molecular flexibility index (Phi) is 17.0. The lowest BCUT2D eigenvalue weighted by Gasteiger charge is -2.41. The normalized spacial score (nSPS) is 16.8. The van der Waals surface area contributed by atoms with E-state index >= 15 is 0 Å². The van der Waals surface area contributed by atoms with Crippen molar-refractivity contribution in [3.05, 3.63) is 0 Å². The summed E-state index contributed by atoms with van der Waals surface area (Å²) < 4.78 is 59.4. The fourth-order valence-corrected chi connectivity index (χ4v) is 17.0. The Morgan fingerprint density at radius 1 is 0.667 bits per heavy atom.